The molecule has 0 saturated heterocycles. The lowest BCUT2D eigenvalue weighted by Gasteiger charge is -2.38. The summed E-state index contributed by atoms with van der Waals surface area (Å²) in [4.78, 5) is 0. The van der Waals surface area contributed by atoms with Gasteiger partial charge in [-0.05, 0) is 99.0 Å². The Balaban J connectivity index is 1.32. The van der Waals surface area contributed by atoms with Crippen LogP contribution >= 0.6 is 0 Å². The first-order chi connectivity index (χ1) is 16.3. The Hall–Kier alpha value is -1.81. The summed E-state index contributed by atoms with van der Waals surface area (Å²) in [5.41, 5.74) is 3.14. The van der Waals surface area contributed by atoms with E-state index in [1.54, 1.807) is 11.6 Å². The standard InChI is InChI=1S/C32H47N/c1-2-3-4-6-9-12-27-14-18-29(19-15-27)31-22-24-32(25-23-31)30-20-16-28(17-21-30)13-10-7-5-8-11-26-33/h5,7-8,11,14-15,18-19,28,30-32H,2-4,6,9-10,12-13,16-17,20-25H2,1H3. The number of aryl methyl sites for hydroxylation is 1. The lowest BCUT2D eigenvalue weighted by Crippen LogP contribution is -2.25. The largest absolute Gasteiger partial charge is 0.193 e. The molecule has 180 valence electrons. The van der Waals surface area contributed by atoms with E-state index < -0.39 is 0 Å². The summed E-state index contributed by atoms with van der Waals surface area (Å²) in [6.07, 6.45) is 29.8. The lowest BCUT2D eigenvalue weighted by molar-refractivity contribution is 0.157. The molecule has 2 saturated carbocycles. The molecule has 2 aliphatic carbocycles. The predicted molar refractivity (Wildman–Crippen MR) is 142 cm³/mol. The van der Waals surface area contributed by atoms with E-state index in [2.05, 4.69) is 37.3 Å². The topological polar surface area (TPSA) is 23.8 Å². The number of hydrogen-bond donors (Lipinski definition) is 0. The number of benzene rings is 1. The highest BCUT2D eigenvalue weighted by molar-refractivity contribution is 5.26. The molecule has 0 atom stereocenters. The van der Waals surface area contributed by atoms with Crippen LogP contribution in [0.15, 0.2) is 48.6 Å². The van der Waals surface area contributed by atoms with Gasteiger partial charge in [0.15, 0.2) is 0 Å². The minimum atomic E-state index is 0.804. The fourth-order valence-corrected chi connectivity index (χ4v) is 6.37. The maximum absolute atomic E-state index is 8.52. The van der Waals surface area contributed by atoms with Gasteiger partial charge in [0.05, 0.1) is 6.07 Å². The molecule has 0 N–H and O–H groups in total. The molecule has 1 aromatic carbocycles. The number of hydrogen-bond acceptors (Lipinski definition) is 1. The first-order valence-corrected chi connectivity index (χ1v) is 14.1. The molecule has 33 heavy (non-hydrogen) atoms. The third-order valence-electron chi connectivity index (χ3n) is 8.51. The Morgan fingerprint density at radius 1 is 0.818 bits per heavy atom. The maximum Gasteiger partial charge on any atom is 0.0912 e. The summed E-state index contributed by atoms with van der Waals surface area (Å²) in [6.45, 7) is 2.29. The molecule has 0 spiro atoms. The third-order valence-corrected chi connectivity index (χ3v) is 8.51. The van der Waals surface area contributed by atoms with Gasteiger partial charge in [-0.15, -0.1) is 0 Å². The van der Waals surface area contributed by atoms with Crippen molar-refractivity contribution in [3.8, 4) is 6.07 Å². The molecule has 0 amide bonds. The van der Waals surface area contributed by atoms with Gasteiger partial charge in [0.1, 0.15) is 0 Å². The van der Waals surface area contributed by atoms with Crippen LogP contribution < -0.4 is 0 Å². The normalized spacial score (nSPS) is 26.1. The minimum Gasteiger partial charge on any atom is -0.193 e. The number of unbranched alkanes of at least 4 members (excludes halogenated alkanes) is 4. The molecule has 2 aliphatic rings. The van der Waals surface area contributed by atoms with Gasteiger partial charge in [-0.1, -0.05) is 87.9 Å². The first kappa shape index (κ1) is 25.8. The monoisotopic (exact) mass is 445 g/mol. The Kier molecular flexibility index (Phi) is 11.9. The zero-order valence-corrected chi connectivity index (χ0v) is 21.2. The third kappa shape index (κ3) is 9.16. The molecule has 2 fully saturated rings. The summed E-state index contributed by atoms with van der Waals surface area (Å²) in [6, 6.07) is 11.8. The van der Waals surface area contributed by atoms with Crippen LogP contribution in [0.1, 0.15) is 120 Å². The van der Waals surface area contributed by atoms with Gasteiger partial charge >= 0.3 is 0 Å². The van der Waals surface area contributed by atoms with E-state index in [0.29, 0.717) is 0 Å². The fourth-order valence-electron chi connectivity index (χ4n) is 6.37. The van der Waals surface area contributed by atoms with Crippen LogP contribution in [-0.4, -0.2) is 0 Å². The number of nitriles is 1. The van der Waals surface area contributed by atoms with Crippen molar-refractivity contribution in [1.29, 1.82) is 5.26 Å². The predicted octanol–water partition coefficient (Wildman–Crippen LogP) is 9.70. The van der Waals surface area contributed by atoms with Gasteiger partial charge in [0.2, 0.25) is 0 Å². The number of nitrogens with zero attached hydrogens (tertiary/aromatic N) is 1. The SMILES string of the molecule is CCCCCCCc1ccc(C2CCC(C3CCC(CCC=CC=CC#N)CC3)CC2)cc1. The van der Waals surface area contributed by atoms with Crippen LogP contribution in [-0.2, 0) is 6.42 Å². The van der Waals surface area contributed by atoms with Gasteiger partial charge in [0.25, 0.3) is 0 Å². The number of rotatable bonds is 12. The lowest BCUT2D eigenvalue weighted by atomic mass is 9.68. The van der Waals surface area contributed by atoms with E-state index in [0.717, 1.165) is 30.1 Å². The van der Waals surface area contributed by atoms with Crippen molar-refractivity contribution in [1.82, 2.24) is 0 Å². The second-order valence-corrected chi connectivity index (χ2v) is 10.8. The number of allylic oxidation sites excluding steroid dienone is 4. The molecule has 0 aliphatic heterocycles. The highest BCUT2D eigenvalue weighted by Crippen LogP contribution is 2.44. The summed E-state index contributed by atoms with van der Waals surface area (Å²) in [7, 11) is 0. The summed E-state index contributed by atoms with van der Waals surface area (Å²) < 4.78 is 0. The molecular weight excluding hydrogens is 398 g/mol. The molecule has 1 aromatic rings. The van der Waals surface area contributed by atoms with Crippen molar-refractivity contribution in [3.05, 3.63) is 59.7 Å². The van der Waals surface area contributed by atoms with E-state index in [1.807, 2.05) is 18.2 Å². The molecule has 1 nitrogen and oxygen atoms in total. The highest BCUT2D eigenvalue weighted by Gasteiger charge is 2.31. The Morgan fingerprint density at radius 3 is 2.15 bits per heavy atom. The molecule has 0 aromatic heterocycles. The van der Waals surface area contributed by atoms with E-state index in [9.17, 15) is 0 Å². The van der Waals surface area contributed by atoms with Crippen LogP contribution in [0.3, 0.4) is 0 Å². The van der Waals surface area contributed by atoms with Crippen molar-refractivity contribution in [2.45, 2.75) is 116 Å². The second kappa shape index (κ2) is 15.2. The smallest absolute Gasteiger partial charge is 0.0912 e. The zero-order valence-electron chi connectivity index (χ0n) is 21.2. The van der Waals surface area contributed by atoms with Gasteiger partial charge in [-0.25, -0.2) is 0 Å². The molecule has 0 heterocycles. The van der Waals surface area contributed by atoms with Crippen LogP contribution in [0.4, 0.5) is 0 Å². The van der Waals surface area contributed by atoms with E-state index in [4.69, 9.17) is 5.26 Å². The van der Waals surface area contributed by atoms with E-state index in [-0.39, 0.29) is 0 Å². The quantitative estimate of drug-likeness (QED) is 0.178. The van der Waals surface area contributed by atoms with Crippen LogP contribution in [0, 0.1) is 29.1 Å². The van der Waals surface area contributed by atoms with Gasteiger partial charge in [0, 0.05) is 6.08 Å². The van der Waals surface area contributed by atoms with Gasteiger partial charge < -0.3 is 0 Å². The Labute approximate surface area is 204 Å². The summed E-state index contributed by atoms with van der Waals surface area (Å²) in [5, 5.41) is 8.52. The van der Waals surface area contributed by atoms with Crippen molar-refractivity contribution in [2.24, 2.45) is 17.8 Å². The average Bonchev–Trinajstić information content (AvgIpc) is 2.87. The highest BCUT2D eigenvalue weighted by atomic mass is 14.4. The molecule has 0 unspecified atom stereocenters. The minimum absolute atomic E-state index is 0.804. The van der Waals surface area contributed by atoms with E-state index in [1.165, 1.54) is 102 Å². The van der Waals surface area contributed by atoms with Crippen LogP contribution in [0.5, 0.6) is 0 Å². The van der Waals surface area contributed by atoms with Gasteiger partial charge in [-0.3, -0.25) is 0 Å². The molecular formula is C32H47N. The van der Waals surface area contributed by atoms with Crippen molar-refractivity contribution in [3.63, 3.8) is 0 Å². The summed E-state index contributed by atoms with van der Waals surface area (Å²) in [5.74, 6) is 3.71. The van der Waals surface area contributed by atoms with Crippen LogP contribution in [0.25, 0.3) is 0 Å². The fraction of sp³-hybridized carbons (Fsp3) is 0.656. The molecule has 3 rings (SSSR count). The maximum atomic E-state index is 8.52. The van der Waals surface area contributed by atoms with Crippen molar-refractivity contribution < 1.29 is 0 Å². The molecule has 0 bridgehead atoms. The summed E-state index contributed by atoms with van der Waals surface area (Å²) >= 11 is 0. The average molecular weight is 446 g/mol. The van der Waals surface area contributed by atoms with E-state index >= 15 is 0 Å². The van der Waals surface area contributed by atoms with Gasteiger partial charge in [-0.2, -0.15) is 5.26 Å². The Bertz CT molecular complexity index is 734. The molecule has 0 radical (unpaired) electrons. The van der Waals surface area contributed by atoms with Crippen molar-refractivity contribution in [2.75, 3.05) is 0 Å². The second-order valence-electron chi connectivity index (χ2n) is 10.8. The van der Waals surface area contributed by atoms with Crippen LogP contribution in [0.2, 0.25) is 0 Å². The zero-order chi connectivity index (χ0) is 23.1. The first-order valence-electron chi connectivity index (χ1n) is 14.1. The van der Waals surface area contributed by atoms with Crippen molar-refractivity contribution >= 4 is 0 Å². The Morgan fingerprint density at radius 2 is 1.48 bits per heavy atom. The molecule has 1 heteroatoms.